The first-order valence-corrected chi connectivity index (χ1v) is 6.89. The van der Waals surface area contributed by atoms with Gasteiger partial charge in [-0.1, -0.05) is 12.1 Å². The third kappa shape index (κ3) is 5.02. The molecule has 0 aliphatic heterocycles. The van der Waals surface area contributed by atoms with Crippen molar-refractivity contribution in [1.82, 2.24) is 0 Å². The molecule has 0 fully saturated rings. The van der Waals surface area contributed by atoms with Crippen LogP contribution in [-0.2, 0) is 20.9 Å². The van der Waals surface area contributed by atoms with Crippen molar-refractivity contribution < 1.29 is 24.1 Å². The minimum absolute atomic E-state index is 0.369. The largest absolute Gasteiger partial charge is 0.497 e. The van der Waals surface area contributed by atoms with Crippen LogP contribution in [0.25, 0.3) is 0 Å². The summed E-state index contributed by atoms with van der Waals surface area (Å²) in [6, 6.07) is 7.59. The van der Waals surface area contributed by atoms with E-state index < -0.39 is 17.5 Å². The van der Waals surface area contributed by atoms with Crippen LogP contribution in [0.15, 0.2) is 24.3 Å². The van der Waals surface area contributed by atoms with E-state index in [2.05, 4.69) is 4.74 Å². The molecule has 0 saturated carbocycles. The van der Waals surface area contributed by atoms with Crippen molar-refractivity contribution in [3.05, 3.63) is 29.8 Å². The molecule has 0 saturated heterocycles. The van der Waals surface area contributed by atoms with E-state index in [4.69, 9.17) is 9.47 Å². The maximum atomic E-state index is 11.6. The van der Waals surface area contributed by atoms with Gasteiger partial charge in [0.15, 0.2) is 0 Å². The highest BCUT2D eigenvalue weighted by Crippen LogP contribution is 2.24. The predicted octanol–water partition coefficient (Wildman–Crippen LogP) is 2.16. The van der Waals surface area contributed by atoms with E-state index in [1.54, 1.807) is 21.0 Å². The van der Waals surface area contributed by atoms with Crippen molar-refractivity contribution in [3.8, 4) is 5.75 Å². The number of hydrogen-bond donors (Lipinski definition) is 1. The van der Waals surface area contributed by atoms with Gasteiger partial charge in [-0.2, -0.15) is 0 Å². The van der Waals surface area contributed by atoms with Gasteiger partial charge in [-0.3, -0.25) is 4.79 Å². The molecule has 5 heteroatoms. The summed E-state index contributed by atoms with van der Waals surface area (Å²) in [5.41, 5.74) is 0.0932. The zero-order chi connectivity index (χ0) is 15.9. The normalized spacial score (nSPS) is 12.8. The Morgan fingerprint density at radius 3 is 2.38 bits per heavy atom. The minimum Gasteiger partial charge on any atom is -0.497 e. The van der Waals surface area contributed by atoms with E-state index in [0.717, 1.165) is 11.3 Å². The maximum absolute atomic E-state index is 11.6. The van der Waals surface area contributed by atoms with E-state index in [0.29, 0.717) is 19.6 Å². The van der Waals surface area contributed by atoms with Gasteiger partial charge in [0.25, 0.3) is 0 Å². The Bertz CT molecular complexity index is 438. The van der Waals surface area contributed by atoms with Gasteiger partial charge in [0.1, 0.15) is 5.75 Å². The van der Waals surface area contributed by atoms with Gasteiger partial charge in [-0.25, -0.2) is 0 Å². The SMILES string of the molecule is COC(=O)C(C)(C)[C@@H](O)CCOCc1ccc(OC)cc1. The molecule has 0 spiro atoms. The van der Waals surface area contributed by atoms with Crippen LogP contribution < -0.4 is 4.74 Å². The Morgan fingerprint density at radius 1 is 1.24 bits per heavy atom. The molecule has 1 N–H and O–H groups in total. The molecule has 1 atom stereocenters. The molecule has 0 aliphatic rings. The summed E-state index contributed by atoms with van der Waals surface area (Å²) in [6.07, 6.45) is -0.432. The Kier molecular flexibility index (Phi) is 6.65. The van der Waals surface area contributed by atoms with Gasteiger partial charge in [0, 0.05) is 6.61 Å². The number of rotatable bonds is 8. The number of esters is 1. The summed E-state index contributed by atoms with van der Waals surface area (Å²) in [5, 5.41) is 10.0. The maximum Gasteiger partial charge on any atom is 0.313 e. The molecule has 1 rings (SSSR count). The molecule has 1 aromatic carbocycles. The number of aliphatic hydroxyl groups is 1. The van der Waals surface area contributed by atoms with E-state index in [-0.39, 0.29) is 0 Å². The van der Waals surface area contributed by atoms with Crippen LogP contribution in [0, 0.1) is 5.41 Å². The second-order valence-corrected chi connectivity index (χ2v) is 5.42. The smallest absolute Gasteiger partial charge is 0.313 e. The quantitative estimate of drug-likeness (QED) is 0.588. The first-order valence-electron chi connectivity index (χ1n) is 6.89. The van der Waals surface area contributed by atoms with Crippen LogP contribution in [0.4, 0.5) is 0 Å². The first-order chi connectivity index (χ1) is 9.91. The number of benzene rings is 1. The van der Waals surface area contributed by atoms with Gasteiger partial charge in [0.05, 0.1) is 32.3 Å². The average Bonchev–Trinajstić information content (AvgIpc) is 2.50. The molecule has 5 nitrogen and oxygen atoms in total. The second-order valence-electron chi connectivity index (χ2n) is 5.42. The second kappa shape index (κ2) is 8.00. The molecular weight excluding hydrogens is 272 g/mol. The van der Waals surface area contributed by atoms with Gasteiger partial charge in [0.2, 0.25) is 0 Å². The first kappa shape index (κ1) is 17.5. The Labute approximate surface area is 125 Å². The van der Waals surface area contributed by atoms with E-state index in [1.807, 2.05) is 24.3 Å². The van der Waals surface area contributed by atoms with Crippen molar-refractivity contribution in [2.45, 2.75) is 33.0 Å². The average molecular weight is 296 g/mol. The van der Waals surface area contributed by atoms with Crippen molar-refractivity contribution in [1.29, 1.82) is 0 Å². The number of carbonyl (C=O) groups is 1. The van der Waals surface area contributed by atoms with E-state index in [9.17, 15) is 9.90 Å². The zero-order valence-corrected chi connectivity index (χ0v) is 13.1. The molecular formula is C16H24O5. The molecule has 0 aromatic heterocycles. The zero-order valence-electron chi connectivity index (χ0n) is 13.1. The summed E-state index contributed by atoms with van der Waals surface area (Å²) in [7, 11) is 2.94. The lowest BCUT2D eigenvalue weighted by atomic mass is 9.85. The van der Waals surface area contributed by atoms with E-state index in [1.165, 1.54) is 7.11 Å². The van der Waals surface area contributed by atoms with Crippen molar-refractivity contribution in [3.63, 3.8) is 0 Å². The number of carbonyl (C=O) groups excluding carboxylic acids is 1. The van der Waals surface area contributed by atoms with Gasteiger partial charge in [-0.15, -0.1) is 0 Å². The lowest BCUT2D eigenvalue weighted by Gasteiger charge is -2.27. The standard InChI is InChI=1S/C16H24O5/c1-16(2,15(18)20-4)14(17)9-10-21-11-12-5-7-13(19-3)8-6-12/h5-8,14,17H,9-11H2,1-4H3/t14-/m0/s1. The number of ether oxygens (including phenoxy) is 3. The molecule has 1 aromatic rings. The molecule has 0 heterocycles. The van der Waals surface area contributed by atoms with Crippen LogP contribution in [0.5, 0.6) is 5.75 Å². The van der Waals surface area contributed by atoms with Crippen LogP contribution in [0.3, 0.4) is 0 Å². The topological polar surface area (TPSA) is 65.0 Å². The van der Waals surface area contributed by atoms with Gasteiger partial charge in [-0.05, 0) is 38.0 Å². The Morgan fingerprint density at radius 2 is 1.86 bits per heavy atom. The lowest BCUT2D eigenvalue weighted by Crippen LogP contribution is -2.38. The van der Waals surface area contributed by atoms with E-state index >= 15 is 0 Å². The minimum atomic E-state index is -0.932. The molecule has 0 radical (unpaired) electrons. The monoisotopic (exact) mass is 296 g/mol. The molecule has 0 amide bonds. The van der Waals surface area contributed by atoms with Crippen molar-refractivity contribution >= 4 is 5.97 Å². The Hall–Kier alpha value is -1.59. The number of aliphatic hydroxyl groups excluding tert-OH is 1. The fourth-order valence-electron chi connectivity index (χ4n) is 1.87. The highest BCUT2D eigenvalue weighted by molar-refractivity contribution is 5.76. The Balaban J connectivity index is 2.34. The van der Waals surface area contributed by atoms with Crippen molar-refractivity contribution in [2.75, 3.05) is 20.8 Å². The number of methoxy groups -OCH3 is 2. The fourth-order valence-corrected chi connectivity index (χ4v) is 1.87. The van der Waals surface area contributed by atoms with Gasteiger partial charge < -0.3 is 19.3 Å². The molecule has 0 unspecified atom stereocenters. The van der Waals surface area contributed by atoms with Gasteiger partial charge >= 0.3 is 5.97 Å². The summed E-state index contributed by atoms with van der Waals surface area (Å²) in [6.45, 7) is 4.14. The van der Waals surface area contributed by atoms with Crippen molar-refractivity contribution in [2.24, 2.45) is 5.41 Å². The highest BCUT2D eigenvalue weighted by Gasteiger charge is 2.36. The summed E-state index contributed by atoms with van der Waals surface area (Å²) < 4.78 is 15.3. The van der Waals surface area contributed by atoms with Crippen LogP contribution in [0.2, 0.25) is 0 Å². The number of hydrogen-bond acceptors (Lipinski definition) is 5. The highest BCUT2D eigenvalue weighted by atomic mass is 16.5. The third-order valence-electron chi connectivity index (χ3n) is 3.51. The molecule has 118 valence electrons. The summed E-state index contributed by atoms with van der Waals surface area (Å²) in [4.78, 5) is 11.6. The van der Waals surface area contributed by atoms with Crippen LogP contribution in [0.1, 0.15) is 25.8 Å². The van der Waals surface area contributed by atoms with Crippen LogP contribution in [-0.4, -0.2) is 38.0 Å². The summed E-state index contributed by atoms with van der Waals surface area (Å²) in [5.74, 6) is 0.374. The summed E-state index contributed by atoms with van der Waals surface area (Å²) >= 11 is 0. The molecule has 0 bridgehead atoms. The third-order valence-corrected chi connectivity index (χ3v) is 3.51. The molecule has 0 aliphatic carbocycles. The predicted molar refractivity (Wildman–Crippen MR) is 79.1 cm³/mol. The van der Waals surface area contributed by atoms with Crippen LogP contribution >= 0.6 is 0 Å². The fraction of sp³-hybridized carbons (Fsp3) is 0.562. The molecule has 21 heavy (non-hydrogen) atoms. The lowest BCUT2D eigenvalue weighted by molar-refractivity contribution is -0.158.